The third kappa shape index (κ3) is 8.93. The molecule has 0 radical (unpaired) electrons. The SMILES string of the molecule is Cc1cccc(OP2(Oc3cccc(C)c3C)=N[P+](Oc3cccc(C)c3C)(Oc3cccc(C)c3C)N[P+](Oc3cccc(C)c3C)(Oc3cccc(C)c3C)N2)c1C. The van der Waals surface area contributed by atoms with Crippen LogP contribution in [0.3, 0.4) is 0 Å². The molecule has 0 saturated carbocycles. The predicted octanol–water partition coefficient (Wildman–Crippen LogP) is 14.7. The van der Waals surface area contributed by atoms with Crippen LogP contribution in [0.15, 0.2) is 114 Å². The molecule has 0 aliphatic carbocycles. The summed E-state index contributed by atoms with van der Waals surface area (Å²) in [5.41, 5.74) is 11.9. The van der Waals surface area contributed by atoms with E-state index in [0.717, 1.165) is 66.8 Å². The van der Waals surface area contributed by atoms with Gasteiger partial charge in [0.25, 0.3) is 0 Å². The highest BCUT2D eigenvalue weighted by molar-refractivity contribution is 7.89. The lowest BCUT2D eigenvalue weighted by molar-refractivity contribution is 0.400. The molecule has 0 spiro atoms. The van der Waals surface area contributed by atoms with Crippen LogP contribution in [0, 0.1) is 83.1 Å². The highest BCUT2D eigenvalue weighted by Gasteiger charge is 2.75. The first-order valence-corrected chi connectivity index (χ1v) is 24.9. The average Bonchev–Trinajstić information content (AvgIpc) is 3.19. The van der Waals surface area contributed by atoms with Crippen LogP contribution < -0.4 is 36.9 Å². The van der Waals surface area contributed by atoms with Crippen molar-refractivity contribution in [2.24, 2.45) is 4.52 Å². The second kappa shape index (κ2) is 17.2. The molecule has 312 valence electrons. The largest absolute Gasteiger partial charge is 0.617 e. The van der Waals surface area contributed by atoms with Gasteiger partial charge in [0.1, 0.15) is 16.4 Å². The molecule has 12 heteroatoms. The van der Waals surface area contributed by atoms with E-state index in [1.165, 1.54) is 0 Å². The van der Waals surface area contributed by atoms with Gasteiger partial charge >= 0.3 is 23.7 Å². The van der Waals surface area contributed by atoms with E-state index < -0.39 is 23.7 Å². The van der Waals surface area contributed by atoms with Crippen molar-refractivity contribution in [1.29, 1.82) is 0 Å². The monoisotopic (exact) mass is 863 g/mol. The Morgan fingerprint density at radius 2 is 0.633 bits per heavy atom. The summed E-state index contributed by atoms with van der Waals surface area (Å²) in [6.07, 6.45) is 0. The van der Waals surface area contributed by atoms with Crippen molar-refractivity contribution < 1.29 is 27.1 Å². The van der Waals surface area contributed by atoms with Crippen molar-refractivity contribution >= 4 is 23.7 Å². The molecule has 60 heavy (non-hydrogen) atoms. The van der Waals surface area contributed by atoms with E-state index in [1.807, 2.05) is 114 Å². The molecule has 7 rings (SSSR count). The number of nitrogens with zero attached hydrogens (tertiary/aromatic N) is 1. The van der Waals surface area contributed by atoms with E-state index in [4.69, 9.17) is 31.7 Å². The van der Waals surface area contributed by atoms with Crippen LogP contribution in [0.25, 0.3) is 0 Å². The van der Waals surface area contributed by atoms with Crippen molar-refractivity contribution in [3.63, 3.8) is 0 Å². The van der Waals surface area contributed by atoms with E-state index in [0.29, 0.717) is 34.5 Å². The lowest BCUT2D eigenvalue weighted by Gasteiger charge is -2.35. The summed E-state index contributed by atoms with van der Waals surface area (Å²) >= 11 is 0. The molecule has 1 aliphatic heterocycles. The van der Waals surface area contributed by atoms with Gasteiger partial charge in [-0.3, -0.25) is 18.1 Å². The first-order valence-electron chi connectivity index (χ1n) is 20.1. The normalized spacial score (nSPS) is 15.1. The lowest BCUT2D eigenvalue weighted by atomic mass is 10.1. The van der Waals surface area contributed by atoms with Crippen LogP contribution in [0.5, 0.6) is 34.5 Å². The second-order valence-electron chi connectivity index (χ2n) is 15.6. The molecular weight excluding hydrogens is 807 g/mol. The summed E-state index contributed by atoms with van der Waals surface area (Å²) in [4.78, 5) is 7.53. The minimum absolute atomic E-state index is 0.583. The summed E-state index contributed by atoms with van der Waals surface area (Å²) in [6, 6.07) is 35.8. The van der Waals surface area contributed by atoms with Crippen LogP contribution in [0.2, 0.25) is 0 Å². The molecule has 2 N–H and O–H groups in total. The Morgan fingerprint density at radius 1 is 0.367 bits per heavy atom. The molecule has 0 aromatic heterocycles. The first kappa shape index (κ1) is 43.2. The smallest absolute Gasteiger partial charge is 0.415 e. The Kier molecular flexibility index (Phi) is 12.4. The quantitative estimate of drug-likeness (QED) is 0.118. The maximum absolute atomic E-state index is 7.37. The van der Waals surface area contributed by atoms with Crippen LogP contribution in [-0.4, -0.2) is 0 Å². The summed E-state index contributed by atoms with van der Waals surface area (Å²) in [6.45, 7) is 24.6. The van der Waals surface area contributed by atoms with Gasteiger partial charge in [0.05, 0.1) is 4.52 Å². The standard InChI is InChI=1S/C48H56N3O6P3/c1-31-19-13-25-43(37(31)7)52-58(53-44-26-14-20-32(2)38(44)8)49-59(54-45-27-15-21-33(3)39(45)9,55-46-28-16-22-34(4)40(46)10)51-60(50-58,56-47-29-17-23-35(5)41(47)11)57-48-30-18-24-36(6)42(48)12/h13-30,49-50H,1-12H3/q+2. The van der Waals surface area contributed by atoms with Gasteiger partial charge < -0.3 is 9.05 Å². The minimum atomic E-state index is -3.92. The molecule has 9 nitrogen and oxygen atoms in total. The zero-order valence-corrected chi connectivity index (χ0v) is 39.3. The molecule has 0 atom stereocenters. The lowest BCUT2D eigenvalue weighted by Crippen LogP contribution is -2.41. The fraction of sp³-hybridized carbons (Fsp3) is 0.250. The number of aryl methyl sites for hydroxylation is 6. The van der Waals surface area contributed by atoms with Gasteiger partial charge in [0, 0.05) is 4.86 Å². The summed E-state index contributed by atoms with van der Waals surface area (Å²) < 4.78 is 49.7. The second-order valence-corrected chi connectivity index (χ2v) is 22.2. The van der Waals surface area contributed by atoms with Gasteiger partial charge in [0.15, 0.2) is 23.0 Å². The molecule has 0 saturated heterocycles. The molecule has 0 amide bonds. The molecule has 0 unspecified atom stereocenters. The highest BCUT2D eigenvalue weighted by Crippen LogP contribution is 2.80. The van der Waals surface area contributed by atoms with E-state index in [-0.39, 0.29) is 0 Å². The van der Waals surface area contributed by atoms with E-state index in [2.05, 4.69) is 87.7 Å². The molecule has 6 aromatic carbocycles. The Bertz CT molecular complexity index is 2480. The number of nitrogens with one attached hydrogen (secondary N) is 2. The van der Waals surface area contributed by atoms with Crippen molar-refractivity contribution in [1.82, 2.24) is 9.72 Å². The van der Waals surface area contributed by atoms with Crippen molar-refractivity contribution in [3.05, 3.63) is 176 Å². The number of rotatable bonds is 12. The van der Waals surface area contributed by atoms with Gasteiger partial charge in [-0.15, -0.1) is 0 Å². The number of hydrogen-bond acceptors (Lipinski definition) is 9. The molecule has 0 bridgehead atoms. The van der Waals surface area contributed by atoms with Gasteiger partial charge in [-0.25, -0.2) is 0 Å². The van der Waals surface area contributed by atoms with Gasteiger partial charge in [-0.1, -0.05) is 72.8 Å². The molecule has 6 aromatic rings. The number of hydrogen-bond donors (Lipinski definition) is 2. The zero-order valence-electron chi connectivity index (χ0n) is 36.6. The topological polar surface area (TPSA) is 91.8 Å². The van der Waals surface area contributed by atoms with E-state index in [1.54, 1.807) is 0 Å². The van der Waals surface area contributed by atoms with Crippen LogP contribution in [0.4, 0.5) is 0 Å². The van der Waals surface area contributed by atoms with Crippen LogP contribution >= 0.6 is 23.7 Å². The van der Waals surface area contributed by atoms with Crippen molar-refractivity contribution in [3.8, 4) is 34.5 Å². The fourth-order valence-electron chi connectivity index (χ4n) is 6.59. The Hall–Kier alpha value is -4.87. The average molecular weight is 864 g/mol. The molecule has 0 fully saturated rings. The maximum atomic E-state index is 7.37. The third-order valence-corrected chi connectivity index (χ3v) is 20.1. The fourth-order valence-corrected chi connectivity index (χ4v) is 16.9. The Balaban J connectivity index is 1.61. The van der Waals surface area contributed by atoms with Gasteiger partial charge in [0.2, 0.25) is 0 Å². The van der Waals surface area contributed by atoms with Crippen LogP contribution in [0.1, 0.15) is 66.8 Å². The molecular formula is C48H56N3O6P3+2. The summed E-state index contributed by atoms with van der Waals surface area (Å²) in [7, 11) is -11.7. The molecule has 1 heterocycles. The van der Waals surface area contributed by atoms with Gasteiger partial charge in [-0.05, 0) is 186 Å². The van der Waals surface area contributed by atoms with Crippen LogP contribution in [-0.2, 0) is 0 Å². The maximum Gasteiger partial charge on any atom is 0.617 e. The third-order valence-electron chi connectivity index (χ3n) is 11.4. The first-order chi connectivity index (χ1) is 28.5. The zero-order chi connectivity index (χ0) is 43.0. The predicted molar refractivity (Wildman–Crippen MR) is 249 cm³/mol. The van der Waals surface area contributed by atoms with Crippen molar-refractivity contribution in [2.45, 2.75) is 83.1 Å². The van der Waals surface area contributed by atoms with E-state index in [9.17, 15) is 0 Å². The van der Waals surface area contributed by atoms with Crippen molar-refractivity contribution in [2.75, 3.05) is 0 Å². The Labute approximate surface area is 357 Å². The summed E-state index contributed by atoms with van der Waals surface area (Å²) in [5, 5.41) is 0. The molecule has 1 aliphatic rings. The van der Waals surface area contributed by atoms with E-state index >= 15 is 0 Å². The Morgan fingerprint density at radius 3 is 0.950 bits per heavy atom. The number of benzene rings is 6. The highest BCUT2D eigenvalue weighted by atomic mass is 31.3. The van der Waals surface area contributed by atoms with Gasteiger partial charge in [-0.2, -0.15) is 0 Å². The minimum Gasteiger partial charge on any atom is -0.415 e. The summed E-state index contributed by atoms with van der Waals surface area (Å²) in [5.74, 6) is 3.53.